The van der Waals surface area contributed by atoms with Crippen LogP contribution >= 0.6 is 0 Å². The minimum atomic E-state index is 0.307. The van der Waals surface area contributed by atoms with E-state index in [-0.39, 0.29) is 0 Å². The summed E-state index contributed by atoms with van der Waals surface area (Å²) in [5.74, 6) is 0.690. The third kappa shape index (κ3) is 1.39. The molecule has 0 amide bonds. The Balaban J connectivity index is 2.86. The summed E-state index contributed by atoms with van der Waals surface area (Å²) in [6, 6.07) is 0. The standard InChI is InChI=1S/C11H22N/c1-9-7-8-10(2,3)12(6)11(9,4)5/h7,9H,8H2,1-6H3. The molecule has 1 rings (SSSR count). The van der Waals surface area contributed by atoms with Crippen molar-refractivity contribution in [3.8, 4) is 0 Å². The molecule has 1 nitrogen and oxygen atoms in total. The van der Waals surface area contributed by atoms with Crippen molar-refractivity contribution in [2.75, 3.05) is 7.05 Å². The van der Waals surface area contributed by atoms with Gasteiger partial charge in [0.2, 0.25) is 0 Å². The minimum absolute atomic E-state index is 0.307. The number of rotatable bonds is 0. The molecule has 12 heavy (non-hydrogen) atoms. The molecule has 1 radical (unpaired) electrons. The van der Waals surface area contributed by atoms with Gasteiger partial charge in [0.25, 0.3) is 0 Å². The molecule has 1 saturated heterocycles. The lowest BCUT2D eigenvalue weighted by Gasteiger charge is -2.54. The van der Waals surface area contributed by atoms with Crippen molar-refractivity contribution in [2.24, 2.45) is 5.92 Å². The molecular formula is C11H22N. The Morgan fingerprint density at radius 1 is 1.25 bits per heavy atom. The quantitative estimate of drug-likeness (QED) is 0.537. The van der Waals surface area contributed by atoms with Crippen LogP contribution in [0.5, 0.6) is 0 Å². The summed E-state index contributed by atoms with van der Waals surface area (Å²) in [5.41, 5.74) is 0.637. The molecule has 1 fully saturated rings. The molecular weight excluding hydrogens is 146 g/mol. The molecule has 0 bridgehead atoms. The fraction of sp³-hybridized carbons (Fsp3) is 0.909. The van der Waals surface area contributed by atoms with Crippen molar-refractivity contribution in [2.45, 2.75) is 52.1 Å². The summed E-state index contributed by atoms with van der Waals surface area (Å²) >= 11 is 0. The number of likely N-dealkylation sites (tertiary alicyclic amines) is 1. The number of nitrogens with zero attached hydrogens (tertiary/aromatic N) is 1. The Morgan fingerprint density at radius 2 is 1.75 bits per heavy atom. The van der Waals surface area contributed by atoms with Crippen LogP contribution < -0.4 is 0 Å². The van der Waals surface area contributed by atoms with Gasteiger partial charge in [0.1, 0.15) is 0 Å². The Kier molecular flexibility index (Phi) is 2.28. The summed E-state index contributed by atoms with van der Waals surface area (Å²) in [4.78, 5) is 2.50. The van der Waals surface area contributed by atoms with Gasteiger partial charge in [-0.1, -0.05) is 6.92 Å². The van der Waals surface area contributed by atoms with Crippen LogP contribution in [0.1, 0.15) is 41.0 Å². The van der Waals surface area contributed by atoms with Gasteiger partial charge in [-0.15, -0.1) is 0 Å². The predicted octanol–water partition coefficient (Wildman–Crippen LogP) is 2.72. The summed E-state index contributed by atoms with van der Waals surface area (Å²) in [5, 5.41) is 0. The van der Waals surface area contributed by atoms with Crippen LogP contribution in [0.3, 0.4) is 0 Å². The van der Waals surface area contributed by atoms with Crippen LogP contribution in [-0.2, 0) is 0 Å². The fourth-order valence-electron chi connectivity index (χ4n) is 1.98. The Labute approximate surface area is 77.1 Å². The van der Waals surface area contributed by atoms with E-state index in [1.54, 1.807) is 0 Å². The molecule has 0 aromatic carbocycles. The third-order valence-corrected chi connectivity index (χ3v) is 3.86. The van der Waals surface area contributed by atoms with Gasteiger partial charge in [0.15, 0.2) is 0 Å². The van der Waals surface area contributed by atoms with E-state index in [2.05, 4.69) is 53.0 Å². The second kappa shape index (κ2) is 2.73. The van der Waals surface area contributed by atoms with E-state index >= 15 is 0 Å². The largest absolute Gasteiger partial charge is 0.296 e. The Morgan fingerprint density at radius 3 is 2.17 bits per heavy atom. The first kappa shape index (κ1) is 10.0. The average Bonchev–Trinajstić information content (AvgIpc) is 1.96. The van der Waals surface area contributed by atoms with Crippen molar-refractivity contribution in [3.05, 3.63) is 6.42 Å². The lowest BCUT2D eigenvalue weighted by molar-refractivity contribution is -0.0127. The zero-order valence-electron chi connectivity index (χ0n) is 9.31. The zero-order chi connectivity index (χ0) is 9.57. The molecule has 1 unspecified atom stereocenters. The van der Waals surface area contributed by atoms with Gasteiger partial charge in [-0.25, -0.2) is 0 Å². The maximum Gasteiger partial charge on any atom is 0.0183 e. The molecule has 0 aliphatic carbocycles. The fourth-order valence-corrected chi connectivity index (χ4v) is 1.98. The van der Waals surface area contributed by atoms with Crippen LogP contribution in [0.2, 0.25) is 0 Å². The molecule has 1 heteroatoms. The van der Waals surface area contributed by atoms with E-state index in [1.165, 1.54) is 6.42 Å². The highest BCUT2D eigenvalue weighted by Gasteiger charge is 2.42. The molecule has 71 valence electrons. The summed E-state index contributed by atoms with van der Waals surface area (Å²) in [7, 11) is 2.24. The van der Waals surface area contributed by atoms with Gasteiger partial charge >= 0.3 is 0 Å². The van der Waals surface area contributed by atoms with Crippen molar-refractivity contribution in [1.82, 2.24) is 4.90 Å². The molecule has 0 N–H and O–H groups in total. The lowest BCUT2D eigenvalue weighted by atomic mass is 9.74. The average molecular weight is 168 g/mol. The summed E-state index contributed by atoms with van der Waals surface area (Å²) < 4.78 is 0. The molecule has 1 aliphatic rings. The minimum Gasteiger partial charge on any atom is -0.296 e. The summed E-state index contributed by atoms with van der Waals surface area (Å²) in [6.07, 6.45) is 3.66. The van der Waals surface area contributed by atoms with Crippen LogP contribution in [0.4, 0.5) is 0 Å². The van der Waals surface area contributed by atoms with Crippen LogP contribution in [0.15, 0.2) is 0 Å². The van der Waals surface area contributed by atoms with Crippen LogP contribution in [0, 0.1) is 12.3 Å². The van der Waals surface area contributed by atoms with Gasteiger partial charge < -0.3 is 0 Å². The molecule has 1 heterocycles. The van der Waals surface area contributed by atoms with E-state index in [0.29, 0.717) is 17.0 Å². The van der Waals surface area contributed by atoms with Gasteiger partial charge in [0.05, 0.1) is 0 Å². The second-order valence-corrected chi connectivity index (χ2v) is 5.25. The smallest absolute Gasteiger partial charge is 0.0183 e. The molecule has 1 aliphatic heterocycles. The molecule has 0 aromatic heterocycles. The Bertz CT molecular complexity index is 170. The predicted molar refractivity (Wildman–Crippen MR) is 54.0 cm³/mol. The number of hydrogen-bond donors (Lipinski definition) is 0. The topological polar surface area (TPSA) is 3.24 Å². The third-order valence-electron chi connectivity index (χ3n) is 3.86. The molecule has 0 aromatic rings. The molecule has 0 spiro atoms. The van der Waals surface area contributed by atoms with E-state index in [0.717, 1.165) is 0 Å². The van der Waals surface area contributed by atoms with E-state index in [1.807, 2.05) is 0 Å². The maximum atomic E-state index is 2.50. The van der Waals surface area contributed by atoms with Gasteiger partial charge in [-0.2, -0.15) is 0 Å². The van der Waals surface area contributed by atoms with Crippen LogP contribution in [-0.4, -0.2) is 23.0 Å². The zero-order valence-corrected chi connectivity index (χ0v) is 9.31. The summed E-state index contributed by atoms with van der Waals surface area (Å²) in [6.45, 7) is 11.6. The highest BCUT2D eigenvalue weighted by molar-refractivity contribution is 5.05. The lowest BCUT2D eigenvalue weighted by Crippen LogP contribution is -2.60. The van der Waals surface area contributed by atoms with E-state index in [4.69, 9.17) is 0 Å². The van der Waals surface area contributed by atoms with Crippen molar-refractivity contribution in [3.63, 3.8) is 0 Å². The Hall–Kier alpha value is -0.0400. The van der Waals surface area contributed by atoms with Gasteiger partial charge in [-0.3, -0.25) is 4.90 Å². The van der Waals surface area contributed by atoms with Crippen molar-refractivity contribution < 1.29 is 0 Å². The molecule has 1 atom stereocenters. The first-order valence-corrected chi connectivity index (χ1v) is 4.86. The first-order valence-electron chi connectivity index (χ1n) is 4.86. The first-order chi connectivity index (χ1) is 5.28. The van der Waals surface area contributed by atoms with Crippen LogP contribution in [0.25, 0.3) is 0 Å². The molecule has 0 saturated carbocycles. The van der Waals surface area contributed by atoms with Gasteiger partial charge in [-0.05, 0) is 53.5 Å². The highest BCUT2D eigenvalue weighted by atomic mass is 15.2. The van der Waals surface area contributed by atoms with Crippen molar-refractivity contribution in [1.29, 1.82) is 0 Å². The van der Waals surface area contributed by atoms with Gasteiger partial charge in [0, 0.05) is 11.1 Å². The number of piperidine rings is 1. The SMILES string of the molecule is CC1[CH]CC(C)(C)N(C)C1(C)C. The monoisotopic (exact) mass is 168 g/mol. The van der Waals surface area contributed by atoms with E-state index < -0.39 is 0 Å². The second-order valence-electron chi connectivity index (χ2n) is 5.25. The van der Waals surface area contributed by atoms with E-state index in [9.17, 15) is 0 Å². The van der Waals surface area contributed by atoms with Crippen molar-refractivity contribution >= 4 is 0 Å². The highest BCUT2D eigenvalue weighted by Crippen LogP contribution is 2.39. The maximum absolute atomic E-state index is 2.50. The number of hydrogen-bond acceptors (Lipinski definition) is 1. The normalized spacial score (nSPS) is 35.0.